The molecule has 0 aliphatic heterocycles. The summed E-state index contributed by atoms with van der Waals surface area (Å²) < 4.78 is 17.5. The lowest BCUT2D eigenvalue weighted by molar-refractivity contribution is -0.163. The van der Waals surface area contributed by atoms with Crippen molar-refractivity contribution in [1.82, 2.24) is 0 Å². The van der Waals surface area contributed by atoms with Crippen molar-refractivity contribution in [2.45, 2.75) is 335 Å². The molecule has 0 fully saturated rings. The van der Waals surface area contributed by atoms with Gasteiger partial charge >= 0.3 is 11.9 Å². The molecule has 0 aromatic carbocycles. The Kier molecular flexibility index (Phi) is 56.3. The van der Waals surface area contributed by atoms with Crippen molar-refractivity contribution in [3.63, 3.8) is 0 Å². The third-order valence-corrected chi connectivity index (χ3v) is 13.5. The third-order valence-electron chi connectivity index (χ3n) is 13.5. The van der Waals surface area contributed by atoms with Crippen molar-refractivity contribution in [1.29, 1.82) is 0 Å². The van der Waals surface area contributed by atoms with Crippen LogP contribution in [0.3, 0.4) is 0 Å². The minimum Gasteiger partial charge on any atom is -0.462 e. The van der Waals surface area contributed by atoms with Crippen LogP contribution in [0.2, 0.25) is 0 Å². The Morgan fingerprint density at radius 1 is 0.318 bits per heavy atom. The number of carbonyl (C=O) groups excluding carboxylic acids is 2. The first kappa shape index (κ1) is 64.4. The van der Waals surface area contributed by atoms with Gasteiger partial charge in [0.1, 0.15) is 6.61 Å². The molecule has 0 amide bonds. The second-order valence-corrected chi connectivity index (χ2v) is 20.3. The molecule has 0 aromatic rings. The summed E-state index contributed by atoms with van der Waals surface area (Å²) in [4.78, 5) is 25.5. The van der Waals surface area contributed by atoms with E-state index in [4.69, 9.17) is 14.2 Å². The molecule has 0 aliphatic carbocycles. The Hall–Kier alpha value is -1.62. The highest BCUT2D eigenvalue weighted by molar-refractivity contribution is 5.70. The summed E-state index contributed by atoms with van der Waals surface area (Å²) in [5, 5.41) is 0. The number of allylic oxidation sites excluding steroid dienone is 4. The van der Waals surface area contributed by atoms with Crippen molar-refractivity contribution >= 4 is 11.9 Å². The van der Waals surface area contributed by atoms with E-state index < -0.39 is 6.10 Å². The Labute approximate surface area is 413 Å². The molecular weight excluding hydrogens is 813 g/mol. The Balaban J connectivity index is 4.22. The van der Waals surface area contributed by atoms with Crippen molar-refractivity contribution < 1.29 is 23.8 Å². The molecule has 0 radical (unpaired) electrons. The van der Waals surface area contributed by atoms with Gasteiger partial charge in [-0.3, -0.25) is 9.59 Å². The predicted molar refractivity (Wildman–Crippen MR) is 289 cm³/mol. The SMILES string of the molecule is CCCCCC/C=C\CCCCCCCCCC(=O)OC[C@@H](COCCCCCCCCCCCCCCCCCC)OC(=O)CCCCCCCCCCC/C=C\CCCCCCCC. The molecule has 0 aliphatic rings. The van der Waals surface area contributed by atoms with E-state index in [1.807, 2.05) is 0 Å². The third kappa shape index (κ3) is 55.0. The summed E-state index contributed by atoms with van der Waals surface area (Å²) in [6.45, 7) is 7.88. The van der Waals surface area contributed by atoms with Crippen LogP contribution in [-0.4, -0.2) is 37.9 Å². The van der Waals surface area contributed by atoms with Crippen LogP contribution in [0.15, 0.2) is 24.3 Å². The summed E-state index contributed by atoms with van der Waals surface area (Å²) in [5.41, 5.74) is 0. The fourth-order valence-electron chi connectivity index (χ4n) is 8.97. The normalized spacial score (nSPS) is 12.2. The van der Waals surface area contributed by atoms with Crippen LogP contribution in [0.5, 0.6) is 0 Å². The minimum atomic E-state index is -0.533. The van der Waals surface area contributed by atoms with E-state index >= 15 is 0 Å². The molecular formula is C61H116O5. The number of carbonyl (C=O) groups is 2. The van der Waals surface area contributed by atoms with Gasteiger partial charge in [0, 0.05) is 19.4 Å². The Morgan fingerprint density at radius 2 is 0.591 bits per heavy atom. The molecule has 0 saturated heterocycles. The second-order valence-electron chi connectivity index (χ2n) is 20.3. The van der Waals surface area contributed by atoms with E-state index in [-0.39, 0.29) is 18.5 Å². The van der Waals surface area contributed by atoms with Crippen LogP contribution >= 0.6 is 0 Å². The van der Waals surface area contributed by atoms with Gasteiger partial charge in [0.2, 0.25) is 0 Å². The van der Waals surface area contributed by atoms with Gasteiger partial charge in [0.15, 0.2) is 6.10 Å². The Bertz CT molecular complexity index is 1010. The van der Waals surface area contributed by atoms with Crippen LogP contribution in [0.25, 0.3) is 0 Å². The molecule has 5 nitrogen and oxygen atoms in total. The maximum atomic E-state index is 12.9. The number of unbranched alkanes of at least 4 members (excludes halogenated alkanes) is 41. The topological polar surface area (TPSA) is 61.8 Å². The van der Waals surface area contributed by atoms with E-state index in [1.54, 1.807) is 0 Å². The highest BCUT2D eigenvalue weighted by Gasteiger charge is 2.17. The molecule has 5 heteroatoms. The first-order valence-electron chi connectivity index (χ1n) is 29.9. The van der Waals surface area contributed by atoms with E-state index in [0.29, 0.717) is 26.1 Å². The summed E-state index contributed by atoms with van der Waals surface area (Å²) in [6, 6.07) is 0. The maximum Gasteiger partial charge on any atom is 0.306 e. The van der Waals surface area contributed by atoms with Crippen molar-refractivity contribution in [2.75, 3.05) is 19.8 Å². The van der Waals surface area contributed by atoms with Gasteiger partial charge in [-0.1, -0.05) is 270 Å². The highest BCUT2D eigenvalue weighted by Crippen LogP contribution is 2.17. The maximum absolute atomic E-state index is 12.9. The summed E-state index contributed by atoms with van der Waals surface area (Å²) in [6.07, 6.45) is 69.1. The second kappa shape index (κ2) is 57.7. The average molecular weight is 930 g/mol. The molecule has 1 atom stereocenters. The molecule has 390 valence electrons. The zero-order valence-corrected chi connectivity index (χ0v) is 45.0. The monoisotopic (exact) mass is 929 g/mol. The largest absolute Gasteiger partial charge is 0.462 e. The molecule has 0 bridgehead atoms. The van der Waals surface area contributed by atoms with Crippen molar-refractivity contribution in [3.05, 3.63) is 24.3 Å². The number of ether oxygens (including phenoxy) is 3. The lowest BCUT2D eigenvalue weighted by Crippen LogP contribution is -2.30. The minimum absolute atomic E-state index is 0.0895. The van der Waals surface area contributed by atoms with E-state index in [2.05, 4.69) is 45.1 Å². The lowest BCUT2D eigenvalue weighted by Gasteiger charge is -2.18. The van der Waals surface area contributed by atoms with Gasteiger partial charge < -0.3 is 14.2 Å². The quantitative estimate of drug-likeness (QED) is 0.0345. The Morgan fingerprint density at radius 3 is 0.939 bits per heavy atom. The predicted octanol–water partition coefficient (Wildman–Crippen LogP) is 20.4. The first-order chi connectivity index (χ1) is 32.6. The van der Waals surface area contributed by atoms with E-state index in [0.717, 1.165) is 32.1 Å². The summed E-state index contributed by atoms with van der Waals surface area (Å²) in [7, 11) is 0. The first-order valence-corrected chi connectivity index (χ1v) is 29.9. The van der Waals surface area contributed by atoms with Gasteiger partial charge in [-0.15, -0.1) is 0 Å². The van der Waals surface area contributed by atoms with E-state index in [1.165, 1.54) is 263 Å². The number of rotatable bonds is 56. The van der Waals surface area contributed by atoms with Crippen molar-refractivity contribution in [2.24, 2.45) is 0 Å². The molecule has 0 unspecified atom stereocenters. The number of hydrogen-bond donors (Lipinski definition) is 0. The van der Waals surface area contributed by atoms with Gasteiger partial charge in [-0.05, 0) is 70.6 Å². The van der Waals surface area contributed by atoms with Crippen LogP contribution in [-0.2, 0) is 23.8 Å². The van der Waals surface area contributed by atoms with Crippen LogP contribution in [0, 0.1) is 0 Å². The average Bonchev–Trinajstić information content (AvgIpc) is 3.32. The molecule has 0 heterocycles. The smallest absolute Gasteiger partial charge is 0.306 e. The zero-order chi connectivity index (χ0) is 47.7. The number of hydrogen-bond acceptors (Lipinski definition) is 5. The van der Waals surface area contributed by atoms with Gasteiger partial charge in [-0.2, -0.15) is 0 Å². The van der Waals surface area contributed by atoms with E-state index in [9.17, 15) is 9.59 Å². The molecule has 0 spiro atoms. The molecule has 0 rings (SSSR count). The van der Waals surface area contributed by atoms with Crippen molar-refractivity contribution in [3.8, 4) is 0 Å². The standard InChI is InChI=1S/C61H116O5/c1-4-7-10-13-16-19-22-25-28-30-31-32-34-37-40-43-46-49-52-55-61(63)66-59(57-64-56-53-50-47-44-41-38-35-29-26-23-20-17-14-11-8-5-2)58-65-60(62)54-51-48-45-42-39-36-33-27-24-21-18-15-12-9-6-3/h21,24-25,28,59H,4-20,22-23,26-27,29-58H2,1-3H3/b24-21-,28-25-/t59-/m1/s1. The van der Waals surface area contributed by atoms with Crippen LogP contribution in [0.1, 0.15) is 329 Å². The van der Waals surface area contributed by atoms with Crippen LogP contribution < -0.4 is 0 Å². The molecule has 66 heavy (non-hydrogen) atoms. The summed E-state index contributed by atoms with van der Waals surface area (Å²) in [5.74, 6) is -0.382. The molecule has 0 N–H and O–H groups in total. The fraction of sp³-hybridized carbons (Fsp3) is 0.902. The lowest BCUT2D eigenvalue weighted by atomic mass is 10.0. The van der Waals surface area contributed by atoms with Gasteiger partial charge in [-0.25, -0.2) is 0 Å². The van der Waals surface area contributed by atoms with Crippen LogP contribution in [0.4, 0.5) is 0 Å². The highest BCUT2D eigenvalue weighted by atomic mass is 16.6. The zero-order valence-electron chi connectivity index (χ0n) is 45.0. The fourth-order valence-corrected chi connectivity index (χ4v) is 8.97. The number of esters is 2. The summed E-state index contributed by atoms with van der Waals surface area (Å²) >= 11 is 0. The molecule has 0 aromatic heterocycles. The van der Waals surface area contributed by atoms with Gasteiger partial charge in [0.25, 0.3) is 0 Å². The van der Waals surface area contributed by atoms with Gasteiger partial charge in [0.05, 0.1) is 6.61 Å². The molecule has 0 saturated carbocycles.